The van der Waals surface area contributed by atoms with Crippen molar-refractivity contribution in [3.63, 3.8) is 0 Å². The van der Waals surface area contributed by atoms with Crippen molar-refractivity contribution in [3.8, 4) is 0 Å². The first-order valence-corrected chi connectivity index (χ1v) is 7.84. The Hall–Kier alpha value is -1.02. The summed E-state index contributed by atoms with van der Waals surface area (Å²) >= 11 is 0. The molecule has 1 saturated heterocycles. The summed E-state index contributed by atoms with van der Waals surface area (Å²) in [5.41, 5.74) is 2.40. The second kappa shape index (κ2) is 5.54. The zero-order valence-electron chi connectivity index (χ0n) is 11.9. The third-order valence-electron chi connectivity index (χ3n) is 4.99. The molecule has 1 heterocycles. The second-order valence-corrected chi connectivity index (χ2v) is 6.11. The zero-order valence-corrected chi connectivity index (χ0v) is 11.9. The molecule has 2 fully saturated rings. The van der Waals surface area contributed by atoms with Crippen LogP contribution in [-0.2, 0) is 0 Å². The molecule has 0 spiro atoms. The van der Waals surface area contributed by atoms with Crippen molar-refractivity contribution in [2.45, 2.75) is 57.6 Å². The number of hydrogen-bond acceptors (Lipinski definition) is 2. The molecule has 104 valence electrons. The second-order valence-electron chi connectivity index (χ2n) is 6.11. The Balaban J connectivity index is 1.77. The molecular weight excluding hydrogens is 234 g/mol. The molecule has 0 amide bonds. The van der Waals surface area contributed by atoms with E-state index >= 15 is 0 Å². The fourth-order valence-corrected chi connectivity index (χ4v) is 3.90. The molecule has 1 aromatic rings. The number of hydrogen-bond donors (Lipinski definition) is 1. The Kier molecular flexibility index (Phi) is 3.79. The molecule has 1 aromatic carbocycles. The minimum Gasteiger partial charge on any atom is -0.388 e. The van der Waals surface area contributed by atoms with Gasteiger partial charge in [0.2, 0.25) is 0 Å². The summed E-state index contributed by atoms with van der Waals surface area (Å²) in [6.45, 7) is 3.23. The van der Waals surface area contributed by atoms with E-state index in [-0.39, 0.29) is 6.10 Å². The van der Waals surface area contributed by atoms with Crippen LogP contribution in [0.3, 0.4) is 0 Å². The van der Waals surface area contributed by atoms with Gasteiger partial charge in [-0.05, 0) is 55.7 Å². The average Bonchev–Trinajstić information content (AvgIpc) is 2.95. The molecule has 3 atom stereocenters. The Morgan fingerprint density at radius 1 is 1.16 bits per heavy atom. The third-order valence-corrected chi connectivity index (χ3v) is 4.99. The summed E-state index contributed by atoms with van der Waals surface area (Å²) in [6, 6.07) is 9.38. The van der Waals surface area contributed by atoms with Crippen molar-refractivity contribution < 1.29 is 5.11 Å². The van der Waals surface area contributed by atoms with Gasteiger partial charge >= 0.3 is 0 Å². The molecule has 2 unspecified atom stereocenters. The van der Waals surface area contributed by atoms with Crippen LogP contribution in [0.15, 0.2) is 24.3 Å². The lowest BCUT2D eigenvalue weighted by atomic mass is 9.91. The molecule has 0 bridgehead atoms. The molecule has 19 heavy (non-hydrogen) atoms. The predicted octanol–water partition coefficient (Wildman–Crippen LogP) is 3.90. The van der Waals surface area contributed by atoms with Crippen molar-refractivity contribution in [1.82, 2.24) is 0 Å². The number of rotatable bonds is 3. The number of benzene rings is 1. The van der Waals surface area contributed by atoms with E-state index in [2.05, 4.69) is 29.2 Å². The highest BCUT2D eigenvalue weighted by atomic mass is 16.3. The third kappa shape index (κ3) is 2.51. The topological polar surface area (TPSA) is 23.5 Å². The fraction of sp³-hybridized carbons (Fsp3) is 0.647. The van der Waals surface area contributed by atoms with Crippen LogP contribution in [0.4, 0.5) is 5.69 Å². The van der Waals surface area contributed by atoms with E-state index in [1.165, 1.54) is 44.3 Å². The molecule has 2 nitrogen and oxygen atoms in total. The van der Waals surface area contributed by atoms with Gasteiger partial charge in [0.15, 0.2) is 0 Å². The van der Waals surface area contributed by atoms with Crippen LogP contribution in [0.1, 0.15) is 57.1 Å². The van der Waals surface area contributed by atoms with Crippen molar-refractivity contribution in [3.05, 3.63) is 29.8 Å². The van der Waals surface area contributed by atoms with Gasteiger partial charge in [-0.1, -0.05) is 25.5 Å². The van der Waals surface area contributed by atoms with E-state index < -0.39 is 0 Å². The van der Waals surface area contributed by atoms with Crippen molar-refractivity contribution in [2.75, 3.05) is 11.4 Å². The summed E-state index contributed by atoms with van der Waals surface area (Å²) in [6.07, 6.45) is 7.42. The normalized spacial score (nSPS) is 28.2. The van der Waals surface area contributed by atoms with Crippen molar-refractivity contribution in [1.29, 1.82) is 0 Å². The van der Waals surface area contributed by atoms with Crippen LogP contribution in [0.5, 0.6) is 0 Å². The lowest BCUT2D eigenvalue weighted by molar-refractivity contribution is 0.173. The number of aliphatic hydroxyl groups excluding tert-OH is 1. The summed E-state index contributed by atoms with van der Waals surface area (Å²) in [5.74, 6) is 0.926. The Bertz CT molecular complexity index is 414. The molecule has 2 aliphatic rings. The molecule has 1 aliphatic carbocycles. The van der Waals surface area contributed by atoms with Gasteiger partial charge < -0.3 is 10.0 Å². The molecule has 1 N–H and O–H groups in total. The first-order chi connectivity index (χ1) is 9.29. The minimum atomic E-state index is -0.311. The summed E-state index contributed by atoms with van der Waals surface area (Å²) in [5, 5.41) is 9.87. The molecule has 2 heteroatoms. The maximum atomic E-state index is 9.87. The van der Waals surface area contributed by atoms with E-state index in [4.69, 9.17) is 0 Å². The van der Waals surface area contributed by atoms with Crippen LogP contribution in [0.2, 0.25) is 0 Å². The first kappa shape index (κ1) is 13.0. The Morgan fingerprint density at radius 2 is 1.89 bits per heavy atom. The molecule has 0 aromatic heterocycles. The van der Waals surface area contributed by atoms with Crippen LogP contribution in [-0.4, -0.2) is 17.7 Å². The molecule has 1 aliphatic heterocycles. The van der Waals surface area contributed by atoms with Crippen molar-refractivity contribution >= 4 is 5.69 Å². The minimum absolute atomic E-state index is 0.311. The quantitative estimate of drug-likeness (QED) is 0.890. The fourth-order valence-electron chi connectivity index (χ4n) is 3.90. The summed E-state index contributed by atoms with van der Waals surface area (Å²) < 4.78 is 0. The monoisotopic (exact) mass is 259 g/mol. The largest absolute Gasteiger partial charge is 0.388 e. The van der Waals surface area contributed by atoms with Gasteiger partial charge in [0.05, 0.1) is 6.10 Å². The average molecular weight is 259 g/mol. The van der Waals surface area contributed by atoms with Gasteiger partial charge in [0, 0.05) is 18.3 Å². The van der Waals surface area contributed by atoms with Crippen molar-refractivity contribution in [2.24, 2.45) is 5.92 Å². The van der Waals surface area contributed by atoms with Crippen LogP contribution in [0, 0.1) is 5.92 Å². The van der Waals surface area contributed by atoms with E-state index in [0.29, 0.717) is 0 Å². The Labute approximate surface area is 116 Å². The highest BCUT2D eigenvalue weighted by Crippen LogP contribution is 2.39. The number of nitrogens with zero attached hydrogens (tertiary/aromatic N) is 1. The number of anilines is 1. The summed E-state index contributed by atoms with van der Waals surface area (Å²) in [7, 11) is 0. The van der Waals surface area contributed by atoms with E-state index in [9.17, 15) is 5.11 Å². The predicted molar refractivity (Wildman–Crippen MR) is 79.4 cm³/mol. The molecule has 1 saturated carbocycles. The lowest BCUT2D eigenvalue weighted by Crippen LogP contribution is -2.42. The zero-order chi connectivity index (χ0) is 13.2. The van der Waals surface area contributed by atoms with Crippen LogP contribution >= 0.6 is 0 Å². The number of fused-ring (bicyclic) bond motifs is 1. The first-order valence-electron chi connectivity index (χ1n) is 7.84. The van der Waals surface area contributed by atoms with Gasteiger partial charge in [-0.2, -0.15) is 0 Å². The SMILES string of the molecule is CC[C@@H](O)c1ccc(N2CCCC3CCCC32)cc1. The molecule has 3 rings (SSSR count). The summed E-state index contributed by atoms with van der Waals surface area (Å²) in [4.78, 5) is 2.61. The number of piperidine rings is 1. The maximum Gasteiger partial charge on any atom is 0.0787 e. The molecule has 0 radical (unpaired) electrons. The highest BCUT2D eigenvalue weighted by molar-refractivity contribution is 5.49. The lowest BCUT2D eigenvalue weighted by Gasteiger charge is -2.39. The van der Waals surface area contributed by atoms with Gasteiger partial charge in [-0.15, -0.1) is 0 Å². The van der Waals surface area contributed by atoms with Crippen LogP contribution in [0.25, 0.3) is 0 Å². The van der Waals surface area contributed by atoms with E-state index in [1.807, 2.05) is 6.92 Å². The highest BCUT2D eigenvalue weighted by Gasteiger charge is 2.34. The van der Waals surface area contributed by atoms with Gasteiger partial charge in [-0.25, -0.2) is 0 Å². The number of aliphatic hydroxyl groups is 1. The van der Waals surface area contributed by atoms with Gasteiger partial charge in [0.25, 0.3) is 0 Å². The van der Waals surface area contributed by atoms with E-state index in [0.717, 1.165) is 23.9 Å². The Morgan fingerprint density at radius 3 is 2.63 bits per heavy atom. The molecular formula is C17H25NO. The van der Waals surface area contributed by atoms with Gasteiger partial charge in [0.1, 0.15) is 0 Å². The standard InChI is InChI=1S/C17H25NO/c1-2-17(19)14-8-10-15(11-9-14)18-12-4-6-13-5-3-7-16(13)18/h8-11,13,16-17,19H,2-7,12H2,1H3/t13?,16?,17-/m1/s1. The van der Waals surface area contributed by atoms with Crippen LogP contribution < -0.4 is 4.90 Å². The smallest absolute Gasteiger partial charge is 0.0787 e. The van der Waals surface area contributed by atoms with Gasteiger partial charge in [-0.3, -0.25) is 0 Å². The van der Waals surface area contributed by atoms with E-state index in [1.54, 1.807) is 0 Å². The maximum absolute atomic E-state index is 9.87.